The molecule has 0 aromatic heterocycles. The predicted octanol–water partition coefficient (Wildman–Crippen LogP) is 5.02. The molecule has 0 aliphatic rings. The SMILES string of the molecule is CC[C@H](NC(=S)Nc1ccc(F)c(F)c1)c1ccc(C)c(C)c1. The van der Waals surface area contributed by atoms with Crippen LogP contribution in [0.3, 0.4) is 0 Å². The molecule has 0 aliphatic heterocycles. The molecule has 122 valence electrons. The average Bonchev–Trinajstić information content (AvgIpc) is 2.51. The molecule has 0 saturated heterocycles. The Morgan fingerprint density at radius 1 is 1.04 bits per heavy atom. The lowest BCUT2D eigenvalue weighted by Gasteiger charge is -2.21. The second-order valence-electron chi connectivity index (χ2n) is 5.53. The van der Waals surface area contributed by atoms with Crippen LogP contribution < -0.4 is 10.6 Å². The van der Waals surface area contributed by atoms with E-state index in [2.05, 4.69) is 49.6 Å². The zero-order valence-electron chi connectivity index (χ0n) is 13.4. The summed E-state index contributed by atoms with van der Waals surface area (Å²) < 4.78 is 26.2. The van der Waals surface area contributed by atoms with E-state index in [0.717, 1.165) is 24.1 Å². The van der Waals surface area contributed by atoms with Crippen molar-refractivity contribution in [3.05, 3.63) is 64.7 Å². The number of anilines is 1. The number of rotatable bonds is 4. The third-order valence-electron chi connectivity index (χ3n) is 3.82. The Morgan fingerprint density at radius 2 is 1.78 bits per heavy atom. The second-order valence-corrected chi connectivity index (χ2v) is 5.94. The van der Waals surface area contributed by atoms with Crippen LogP contribution in [0.1, 0.15) is 36.1 Å². The van der Waals surface area contributed by atoms with Crippen molar-refractivity contribution < 1.29 is 8.78 Å². The van der Waals surface area contributed by atoms with E-state index < -0.39 is 11.6 Å². The van der Waals surface area contributed by atoms with Crippen molar-refractivity contribution in [1.29, 1.82) is 0 Å². The highest BCUT2D eigenvalue weighted by Gasteiger charge is 2.12. The van der Waals surface area contributed by atoms with Crippen LogP contribution in [0.4, 0.5) is 14.5 Å². The van der Waals surface area contributed by atoms with Gasteiger partial charge >= 0.3 is 0 Å². The first-order chi connectivity index (χ1) is 10.9. The Balaban J connectivity index is 2.07. The molecule has 2 nitrogen and oxygen atoms in total. The second kappa shape index (κ2) is 7.51. The summed E-state index contributed by atoms with van der Waals surface area (Å²) in [6, 6.07) is 9.95. The minimum absolute atomic E-state index is 0.0552. The number of aryl methyl sites for hydroxylation is 2. The number of hydrogen-bond donors (Lipinski definition) is 2. The summed E-state index contributed by atoms with van der Waals surface area (Å²) in [7, 11) is 0. The number of halogens is 2. The van der Waals surface area contributed by atoms with Gasteiger partial charge in [-0.2, -0.15) is 0 Å². The molecular formula is C18H20F2N2S. The average molecular weight is 334 g/mol. The lowest BCUT2D eigenvalue weighted by molar-refractivity contribution is 0.509. The van der Waals surface area contributed by atoms with Crippen molar-refractivity contribution in [1.82, 2.24) is 5.32 Å². The summed E-state index contributed by atoms with van der Waals surface area (Å²) in [5.74, 6) is -1.78. The summed E-state index contributed by atoms with van der Waals surface area (Å²) in [4.78, 5) is 0. The number of benzene rings is 2. The maximum atomic E-state index is 13.2. The standard InChI is InChI=1S/C18H20F2N2S/c1-4-17(13-6-5-11(2)12(3)9-13)22-18(23)21-14-7-8-15(19)16(20)10-14/h5-10,17H,4H2,1-3H3,(H2,21,22,23)/t17-/m0/s1. The van der Waals surface area contributed by atoms with E-state index >= 15 is 0 Å². The minimum Gasteiger partial charge on any atom is -0.356 e. The molecule has 2 N–H and O–H groups in total. The van der Waals surface area contributed by atoms with Crippen LogP contribution in [-0.2, 0) is 0 Å². The van der Waals surface area contributed by atoms with E-state index in [0.29, 0.717) is 10.8 Å². The Morgan fingerprint density at radius 3 is 2.39 bits per heavy atom. The maximum Gasteiger partial charge on any atom is 0.171 e. The lowest BCUT2D eigenvalue weighted by Crippen LogP contribution is -2.32. The van der Waals surface area contributed by atoms with Crippen LogP contribution in [0, 0.1) is 25.5 Å². The van der Waals surface area contributed by atoms with Crippen molar-refractivity contribution in [3.8, 4) is 0 Å². The quantitative estimate of drug-likeness (QED) is 0.768. The normalized spacial score (nSPS) is 11.9. The molecule has 1 atom stereocenters. The van der Waals surface area contributed by atoms with Crippen molar-refractivity contribution in [3.63, 3.8) is 0 Å². The Kier molecular flexibility index (Phi) is 5.66. The van der Waals surface area contributed by atoms with Gasteiger partial charge < -0.3 is 10.6 Å². The molecule has 5 heteroatoms. The first kappa shape index (κ1) is 17.3. The van der Waals surface area contributed by atoms with Gasteiger partial charge in [0.25, 0.3) is 0 Å². The molecule has 2 rings (SSSR count). The largest absolute Gasteiger partial charge is 0.356 e. The molecule has 2 aromatic rings. The molecule has 0 fully saturated rings. The highest BCUT2D eigenvalue weighted by atomic mass is 32.1. The summed E-state index contributed by atoms with van der Waals surface area (Å²) in [6.07, 6.45) is 0.849. The molecule has 0 spiro atoms. The molecule has 0 bridgehead atoms. The van der Waals surface area contributed by atoms with Crippen LogP contribution in [0.5, 0.6) is 0 Å². The fourth-order valence-corrected chi connectivity index (χ4v) is 2.56. The van der Waals surface area contributed by atoms with Gasteiger partial charge in [0, 0.05) is 11.8 Å². The van der Waals surface area contributed by atoms with Gasteiger partial charge in [-0.1, -0.05) is 25.1 Å². The zero-order chi connectivity index (χ0) is 17.0. The molecule has 23 heavy (non-hydrogen) atoms. The Labute approximate surface area is 140 Å². The number of thiocarbonyl (C=S) groups is 1. The van der Waals surface area contributed by atoms with E-state index in [1.54, 1.807) is 0 Å². The van der Waals surface area contributed by atoms with Gasteiger partial charge in [-0.15, -0.1) is 0 Å². The van der Waals surface area contributed by atoms with Gasteiger partial charge in [0.05, 0.1) is 6.04 Å². The van der Waals surface area contributed by atoms with Crippen molar-refractivity contribution in [2.75, 3.05) is 5.32 Å². The molecule has 0 aliphatic carbocycles. The van der Waals surface area contributed by atoms with Gasteiger partial charge in [-0.25, -0.2) is 8.78 Å². The first-order valence-electron chi connectivity index (χ1n) is 7.50. The third kappa shape index (κ3) is 4.48. The molecule has 0 heterocycles. The predicted molar refractivity (Wildman–Crippen MR) is 94.7 cm³/mol. The molecule has 0 radical (unpaired) electrons. The fourth-order valence-electron chi connectivity index (χ4n) is 2.30. The minimum atomic E-state index is -0.904. The molecular weight excluding hydrogens is 314 g/mol. The summed E-state index contributed by atoms with van der Waals surface area (Å²) in [5.41, 5.74) is 4.02. The van der Waals surface area contributed by atoms with Crippen LogP contribution >= 0.6 is 12.2 Å². The first-order valence-corrected chi connectivity index (χ1v) is 7.91. The van der Waals surface area contributed by atoms with E-state index in [4.69, 9.17) is 12.2 Å². The van der Waals surface area contributed by atoms with E-state index in [9.17, 15) is 8.78 Å². The monoisotopic (exact) mass is 334 g/mol. The highest BCUT2D eigenvalue weighted by molar-refractivity contribution is 7.80. The van der Waals surface area contributed by atoms with Crippen LogP contribution in [0.2, 0.25) is 0 Å². The topological polar surface area (TPSA) is 24.1 Å². The van der Waals surface area contributed by atoms with E-state index in [1.165, 1.54) is 17.2 Å². The fraction of sp³-hybridized carbons (Fsp3) is 0.278. The Hall–Kier alpha value is -2.01. The summed E-state index contributed by atoms with van der Waals surface area (Å²) >= 11 is 5.27. The van der Waals surface area contributed by atoms with Crippen molar-refractivity contribution >= 4 is 23.0 Å². The van der Waals surface area contributed by atoms with Crippen molar-refractivity contribution in [2.24, 2.45) is 0 Å². The van der Waals surface area contributed by atoms with Crippen molar-refractivity contribution in [2.45, 2.75) is 33.2 Å². The van der Waals surface area contributed by atoms with Gasteiger partial charge in [0.2, 0.25) is 0 Å². The van der Waals surface area contributed by atoms with Gasteiger partial charge in [-0.3, -0.25) is 0 Å². The van der Waals surface area contributed by atoms with Crippen LogP contribution in [0.25, 0.3) is 0 Å². The van der Waals surface area contributed by atoms with Crippen LogP contribution in [0.15, 0.2) is 36.4 Å². The van der Waals surface area contributed by atoms with Crippen LogP contribution in [-0.4, -0.2) is 5.11 Å². The molecule has 0 unspecified atom stereocenters. The third-order valence-corrected chi connectivity index (χ3v) is 4.04. The number of hydrogen-bond acceptors (Lipinski definition) is 1. The van der Waals surface area contributed by atoms with Gasteiger partial charge in [0.15, 0.2) is 16.7 Å². The molecule has 0 amide bonds. The molecule has 0 saturated carbocycles. The van der Waals surface area contributed by atoms with Gasteiger partial charge in [-0.05, 0) is 61.3 Å². The number of nitrogens with one attached hydrogen (secondary N) is 2. The van der Waals surface area contributed by atoms with E-state index in [-0.39, 0.29) is 6.04 Å². The summed E-state index contributed by atoms with van der Waals surface area (Å²) in [6.45, 7) is 6.21. The maximum absolute atomic E-state index is 13.2. The smallest absolute Gasteiger partial charge is 0.171 e. The van der Waals surface area contributed by atoms with E-state index in [1.807, 2.05) is 0 Å². The Bertz CT molecular complexity index is 716. The summed E-state index contributed by atoms with van der Waals surface area (Å²) in [5, 5.41) is 6.48. The lowest BCUT2D eigenvalue weighted by atomic mass is 9.99. The highest BCUT2D eigenvalue weighted by Crippen LogP contribution is 2.20. The van der Waals surface area contributed by atoms with Gasteiger partial charge in [0.1, 0.15) is 0 Å². The molecule has 2 aromatic carbocycles. The zero-order valence-corrected chi connectivity index (χ0v) is 14.2.